The topological polar surface area (TPSA) is 91.0 Å². The highest BCUT2D eigenvalue weighted by molar-refractivity contribution is 5.90. The average molecular weight is 417 g/mol. The molecule has 1 N–H and O–H groups in total. The van der Waals surface area contributed by atoms with Crippen molar-refractivity contribution in [2.75, 3.05) is 12.4 Å². The lowest BCUT2D eigenvalue weighted by Gasteiger charge is -2.11. The van der Waals surface area contributed by atoms with Crippen LogP contribution in [0.3, 0.4) is 0 Å². The summed E-state index contributed by atoms with van der Waals surface area (Å²) >= 11 is 0. The Labute approximate surface area is 179 Å². The van der Waals surface area contributed by atoms with Gasteiger partial charge in [-0.3, -0.25) is 9.59 Å². The molecule has 8 nitrogen and oxygen atoms in total. The molecule has 2 heterocycles. The number of benzene rings is 2. The molecular formula is C23H23N5O3. The van der Waals surface area contributed by atoms with Crippen molar-refractivity contribution < 1.29 is 9.53 Å². The van der Waals surface area contributed by atoms with Gasteiger partial charge in [0, 0.05) is 11.1 Å². The Hall–Kier alpha value is -3.94. The number of hydrogen-bond acceptors (Lipinski definition) is 5. The van der Waals surface area contributed by atoms with Crippen molar-refractivity contribution in [2.24, 2.45) is 0 Å². The largest absolute Gasteiger partial charge is 0.497 e. The van der Waals surface area contributed by atoms with E-state index in [0.717, 1.165) is 16.8 Å². The summed E-state index contributed by atoms with van der Waals surface area (Å²) in [5.74, 6) is 0.340. The van der Waals surface area contributed by atoms with Gasteiger partial charge in [0.2, 0.25) is 5.91 Å². The highest BCUT2D eigenvalue weighted by Crippen LogP contribution is 2.21. The number of methoxy groups -OCH3 is 1. The third-order valence-electron chi connectivity index (χ3n) is 5.11. The molecule has 4 aromatic rings. The quantitative estimate of drug-likeness (QED) is 0.539. The number of rotatable bonds is 5. The zero-order valence-electron chi connectivity index (χ0n) is 17.8. The molecule has 0 saturated carbocycles. The maximum Gasteiger partial charge on any atom is 0.293 e. The van der Waals surface area contributed by atoms with Crippen LogP contribution in [-0.2, 0) is 11.3 Å². The lowest BCUT2D eigenvalue weighted by atomic mass is 10.1. The van der Waals surface area contributed by atoms with Crippen molar-refractivity contribution in [1.82, 2.24) is 19.6 Å². The minimum Gasteiger partial charge on any atom is -0.497 e. The number of carbonyl (C=O) groups excluding carboxylic acids is 1. The van der Waals surface area contributed by atoms with Crippen LogP contribution in [0.2, 0.25) is 0 Å². The van der Waals surface area contributed by atoms with Gasteiger partial charge >= 0.3 is 0 Å². The molecule has 0 spiro atoms. The zero-order chi connectivity index (χ0) is 22.1. The van der Waals surface area contributed by atoms with E-state index >= 15 is 0 Å². The number of amides is 1. The zero-order valence-corrected chi connectivity index (χ0v) is 17.8. The first-order valence-corrected chi connectivity index (χ1v) is 9.84. The fourth-order valence-electron chi connectivity index (χ4n) is 3.57. The molecule has 0 unspecified atom stereocenters. The molecule has 1 amide bonds. The van der Waals surface area contributed by atoms with Crippen LogP contribution in [0.1, 0.15) is 16.8 Å². The van der Waals surface area contributed by atoms with E-state index in [1.54, 1.807) is 49.2 Å². The third-order valence-corrected chi connectivity index (χ3v) is 5.11. The van der Waals surface area contributed by atoms with Crippen LogP contribution in [0.25, 0.3) is 16.6 Å². The maximum atomic E-state index is 13.2. The summed E-state index contributed by atoms with van der Waals surface area (Å²) in [5.41, 5.74) is 4.21. The number of anilines is 1. The predicted octanol–water partition coefficient (Wildman–Crippen LogP) is 3.15. The minimum absolute atomic E-state index is 0.209. The summed E-state index contributed by atoms with van der Waals surface area (Å²) in [6.07, 6.45) is 1.64. The molecule has 31 heavy (non-hydrogen) atoms. The monoisotopic (exact) mass is 417 g/mol. The Morgan fingerprint density at radius 1 is 1.10 bits per heavy atom. The molecule has 8 heteroatoms. The van der Waals surface area contributed by atoms with E-state index < -0.39 is 0 Å². The molecule has 4 rings (SSSR count). The molecule has 0 fully saturated rings. The Morgan fingerprint density at radius 3 is 2.52 bits per heavy atom. The smallest absolute Gasteiger partial charge is 0.293 e. The van der Waals surface area contributed by atoms with Gasteiger partial charge in [-0.05, 0) is 56.7 Å². The minimum atomic E-state index is -0.372. The number of hydrogen-bond donors (Lipinski definition) is 1. The second-order valence-electron chi connectivity index (χ2n) is 7.43. The van der Waals surface area contributed by atoms with Gasteiger partial charge in [0.1, 0.15) is 17.8 Å². The summed E-state index contributed by atoms with van der Waals surface area (Å²) in [7, 11) is 1.58. The first-order chi connectivity index (χ1) is 14.9. The highest BCUT2D eigenvalue weighted by Gasteiger charge is 2.17. The second-order valence-corrected chi connectivity index (χ2v) is 7.43. The number of nitrogens with one attached hydrogen (secondary N) is 1. The van der Waals surface area contributed by atoms with Crippen LogP contribution in [0, 0.1) is 20.8 Å². The molecule has 0 radical (unpaired) electrons. The summed E-state index contributed by atoms with van der Waals surface area (Å²) in [4.78, 5) is 25.8. The van der Waals surface area contributed by atoms with E-state index in [2.05, 4.69) is 15.5 Å². The molecule has 0 aliphatic heterocycles. The van der Waals surface area contributed by atoms with Crippen LogP contribution >= 0.6 is 0 Å². The van der Waals surface area contributed by atoms with Gasteiger partial charge in [0.15, 0.2) is 0 Å². The molecule has 0 bridgehead atoms. The van der Waals surface area contributed by atoms with Gasteiger partial charge in [0.05, 0.1) is 24.7 Å². The summed E-state index contributed by atoms with van der Waals surface area (Å²) < 4.78 is 7.92. The van der Waals surface area contributed by atoms with Crippen LogP contribution in [-0.4, -0.2) is 32.6 Å². The van der Waals surface area contributed by atoms with Gasteiger partial charge in [-0.15, -0.1) is 0 Å². The number of carbonyl (C=O) groups is 1. The van der Waals surface area contributed by atoms with E-state index in [9.17, 15) is 9.59 Å². The average Bonchev–Trinajstić information content (AvgIpc) is 3.18. The lowest BCUT2D eigenvalue weighted by Crippen LogP contribution is -2.31. The van der Waals surface area contributed by atoms with Gasteiger partial charge in [-0.2, -0.15) is 10.2 Å². The van der Waals surface area contributed by atoms with Crippen LogP contribution in [0.5, 0.6) is 5.75 Å². The molecule has 0 aliphatic carbocycles. The van der Waals surface area contributed by atoms with Crippen molar-refractivity contribution in [3.63, 3.8) is 0 Å². The van der Waals surface area contributed by atoms with E-state index in [-0.39, 0.29) is 18.0 Å². The second kappa shape index (κ2) is 8.06. The number of fused-ring (bicyclic) bond motifs is 1. The Balaban J connectivity index is 1.69. The van der Waals surface area contributed by atoms with Crippen molar-refractivity contribution in [2.45, 2.75) is 27.3 Å². The molecule has 0 atom stereocenters. The lowest BCUT2D eigenvalue weighted by molar-refractivity contribution is -0.117. The maximum absolute atomic E-state index is 13.2. The van der Waals surface area contributed by atoms with Crippen LogP contribution < -0.4 is 15.6 Å². The molecular weight excluding hydrogens is 394 g/mol. The molecule has 158 valence electrons. The van der Waals surface area contributed by atoms with E-state index in [0.29, 0.717) is 28.0 Å². The number of aryl methyl sites for hydroxylation is 3. The molecule has 0 aliphatic rings. The van der Waals surface area contributed by atoms with Gasteiger partial charge in [0.25, 0.3) is 5.56 Å². The SMILES string of the molecule is COc1ccc(NC(=O)Cn2nc(C)c3cnn(-c4ccc(C)cc4C)c3c2=O)cc1. The normalized spacial score (nSPS) is 11.0. The molecule has 0 saturated heterocycles. The van der Waals surface area contributed by atoms with Crippen LogP contribution in [0.15, 0.2) is 53.5 Å². The fourth-order valence-corrected chi connectivity index (χ4v) is 3.57. The standard InChI is InChI=1S/C23H23N5O3/c1-14-5-10-20(15(2)11-14)28-22-19(12-24-28)16(3)26-27(23(22)30)13-21(29)25-17-6-8-18(31-4)9-7-17/h5-12H,13H2,1-4H3,(H,25,29). The van der Waals surface area contributed by atoms with Crippen molar-refractivity contribution in [3.05, 3.63) is 75.8 Å². The Bertz CT molecular complexity index is 1340. The predicted molar refractivity (Wildman–Crippen MR) is 119 cm³/mol. The number of aromatic nitrogens is 4. The fraction of sp³-hybridized carbons (Fsp3) is 0.217. The van der Waals surface area contributed by atoms with Gasteiger partial charge in [-0.25, -0.2) is 9.36 Å². The summed E-state index contributed by atoms with van der Waals surface area (Å²) in [5, 5.41) is 12.2. The molecule has 2 aromatic carbocycles. The first kappa shape index (κ1) is 20.3. The van der Waals surface area contributed by atoms with E-state index in [4.69, 9.17) is 4.74 Å². The first-order valence-electron chi connectivity index (χ1n) is 9.84. The Kier molecular flexibility index (Phi) is 5.29. The van der Waals surface area contributed by atoms with Gasteiger partial charge in [-0.1, -0.05) is 17.7 Å². The number of nitrogens with zero attached hydrogens (tertiary/aromatic N) is 4. The third kappa shape index (κ3) is 3.92. The van der Waals surface area contributed by atoms with E-state index in [1.165, 1.54) is 4.68 Å². The van der Waals surface area contributed by atoms with Gasteiger partial charge < -0.3 is 10.1 Å². The van der Waals surface area contributed by atoms with Crippen molar-refractivity contribution in [1.29, 1.82) is 0 Å². The van der Waals surface area contributed by atoms with E-state index in [1.807, 2.05) is 32.0 Å². The van der Waals surface area contributed by atoms with Crippen LogP contribution in [0.4, 0.5) is 5.69 Å². The van der Waals surface area contributed by atoms with Crippen molar-refractivity contribution >= 4 is 22.5 Å². The molecule has 2 aromatic heterocycles. The summed E-state index contributed by atoms with van der Waals surface area (Å²) in [6, 6.07) is 12.9. The highest BCUT2D eigenvalue weighted by atomic mass is 16.5. The summed E-state index contributed by atoms with van der Waals surface area (Å²) in [6.45, 7) is 5.58. The number of ether oxygens (including phenoxy) is 1. The van der Waals surface area contributed by atoms with Crippen molar-refractivity contribution in [3.8, 4) is 11.4 Å². The Morgan fingerprint density at radius 2 is 1.84 bits per heavy atom.